The Morgan fingerprint density at radius 2 is 1.95 bits per heavy atom. The van der Waals surface area contributed by atoms with Crippen LogP contribution in [0.25, 0.3) is 0 Å². The van der Waals surface area contributed by atoms with Gasteiger partial charge in [0.1, 0.15) is 11.8 Å². The molecule has 0 unspecified atom stereocenters. The topological polar surface area (TPSA) is 40.8 Å². The van der Waals surface area contributed by atoms with Gasteiger partial charge in [-0.25, -0.2) is 0 Å². The Hall–Kier alpha value is -1.63. The van der Waals surface area contributed by atoms with Crippen LogP contribution in [0.2, 0.25) is 10.0 Å². The van der Waals surface area contributed by atoms with Crippen molar-refractivity contribution in [1.82, 2.24) is 4.57 Å². The van der Waals surface area contributed by atoms with E-state index in [-0.39, 0.29) is 0 Å². The SMILES string of the molecule is Cc1c(CNc2c(Cl)cccc2Cl)cc(C#N)n1C. The highest BCUT2D eigenvalue weighted by atomic mass is 35.5. The quantitative estimate of drug-likeness (QED) is 0.925. The molecular weight excluding hydrogens is 281 g/mol. The van der Waals surface area contributed by atoms with Gasteiger partial charge in [0.05, 0.1) is 15.7 Å². The molecule has 0 spiro atoms. The largest absolute Gasteiger partial charge is 0.378 e. The Balaban J connectivity index is 2.22. The van der Waals surface area contributed by atoms with Crippen molar-refractivity contribution in [3.63, 3.8) is 0 Å². The number of hydrogen-bond donors (Lipinski definition) is 1. The minimum atomic E-state index is 0.574. The molecule has 0 aliphatic heterocycles. The molecule has 2 rings (SSSR count). The van der Waals surface area contributed by atoms with Crippen molar-refractivity contribution in [1.29, 1.82) is 5.26 Å². The molecule has 1 heterocycles. The molecule has 0 amide bonds. The number of benzene rings is 1. The Morgan fingerprint density at radius 3 is 2.47 bits per heavy atom. The minimum Gasteiger partial charge on any atom is -0.378 e. The first kappa shape index (κ1) is 13.8. The van der Waals surface area contributed by atoms with Gasteiger partial charge in [0.25, 0.3) is 0 Å². The van der Waals surface area contributed by atoms with E-state index in [0.717, 1.165) is 11.3 Å². The molecule has 5 heteroatoms. The van der Waals surface area contributed by atoms with Gasteiger partial charge in [0, 0.05) is 19.3 Å². The lowest BCUT2D eigenvalue weighted by Crippen LogP contribution is -2.02. The maximum Gasteiger partial charge on any atom is 0.120 e. The van der Waals surface area contributed by atoms with Crippen LogP contribution in [-0.2, 0) is 13.6 Å². The van der Waals surface area contributed by atoms with E-state index in [0.29, 0.717) is 28.0 Å². The van der Waals surface area contributed by atoms with Crippen molar-refractivity contribution in [3.8, 4) is 6.07 Å². The summed E-state index contributed by atoms with van der Waals surface area (Å²) in [5.74, 6) is 0. The van der Waals surface area contributed by atoms with Crippen LogP contribution in [0, 0.1) is 18.3 Å². The molecule has 0 radical (unpaired) electrons. The van der Waals surface area contributed by atoms with Gasteiger partial charge in [-0.15, -0.1) is 0 Å². The van der Waals surface area contributed by atoms with Gasteiger partial charge in [0.2, 0.25) is 0 Å². The van der Waals surface area contributed by atoms with Crippen LogP contribution >= 0.6 is 23.2 Å². The Labute approximate surface area is 122 Å². The highest BCUT2D eigenvalue weighted by Crippen LogP contribution is 2.30. The molecule has 0 fully saturated rings. The fourth-order valence-electron chi connectivity index (χ4n) is 1.90. The second-order valence-electron chi connectivity index (χ2n) is 4.26. The third-order valence-corrected chi connectivity index (χ3v) is 3.80. The average molecular weight is 294 g/mol. The van der Waals surface area contributed by atoms with Gasteiger partial charge in [0.15, 0.2) is 0 Å². The first-order chi connectivity index (χ1) is 9.04. The lowest BCUT2D eigenvalue weighted by atomic mass is 10.2. The highest BCUT2D eigenvalue weighted by Gasteiger charge is 2.10. The van der Waals surface area contributed by atoms with E-state index in [1.807, 2.05) is 24.6 Å². The predicted molar refractivity (Wildman–Crippen MR) is 78.7 cm³/mol. The number of nitriles is 1. The summed E-state index contributed by atoms with van der Waals surface area (Å²) in [6.07, 6.45) is 0. The lowest BCUT2D eigenvalue weighted by Gasteiger charge is -2.10. The smallest absolute Gasteiger partial charge is 0.120 e. The van der Waals surface area contributed by atoms with Crippen molar-refractivity contribution in [3.05, 3.63) is 51.3 Å². The van der Waals surface area contributed by atoms with E-state index < -0.39 is 0 Å². The Morgan fingerprint density at radius 1 is 1.32 bits per heavy atom. The maximum atomic E-state index is 9.00. The number of anilines is 1. The molecule has 0 bridgehead atoms. The monoisotopic (exact) mass is 293 g/mol. The lowest BCUT2D eigenvalue weighted by molar-refractivity contribution is 0.856. The molecule has 0 atom stereocenters. The van der Waals surface area contributed by atoms with Crippen LogP contribution < -0.4 is 5.32 Å². The fraction of sp³-hybridized carbons (Fsp3) is 0.214. The van der Waals surface area contributed by atoms with Crippen molar-refractivity contribution in [2.45, 2.75) is 13.5 Å². The van der Waals surface area contributed by atoms with Crippen molar-refractivity contribution < 1.29 is 0 Å². The molecule has 19 heavy (non-hydrogen) atoms. The van der Waals surface area contributed by atoms with Gasteiger partial charge >= 0.3 is 0 Å². The third kappa shape index (κ3) is 2.70. The highest BCUT2D eigenvalue weighted by molar-refractivity contribution is 6.39. The number of para-hydroxylation sites is 1. The Kier molecular flexibility index (Phi) is 4.04. The second-order valence-corrected chi connectivity index (χ2v) is 5.08. The van der Waals surface area contributed by atoms with Gasteiger partial charge in [-0.05, 0) is 30.7 Å². The standard InChI is InChI=1S/C14H13Cl2N3/c1-9-10(6-11(7-17)19(9)2)8-18-14-12(15)4-3-5-13(14)16/h3-6,18H,8H2,1-2H3. The van der Waals surface area contributed by atoms with Gasteiger partial charge < -0.3 is 9.88 Å². The third-order valence-electron chi connectivity index (χ3n) is 3.17. The number of halogens is 2. The summed E-state index contributed by atoms with van der Waals surface area (Å²) in [4.78, 5) is 0. The molecule has 0 saturated carbocycles. The van der Waals surface area contributed by atoms with Crippen LogP contribution in [0.5, 0.6) is 0 Å². The summed E-state index contributed by atoms with van der Waals surface area (Å²) in [6, 6.07) is 9.40. The fourth-order valence-corrected chi connectivity index (χ4v) is 2.43. The van der Waals surface area contributed by atoms with Crippen molar-refractivity contribution in [2.75, 3.05) is 5.32 Å². The van der Waals surface area contributed by atoms with Gasteiger partial charge in [-0.1, -0.05) is 29.3 Å². The molecule has 0 aliphatic carbocycles. The average Bonchev–Trinajstić information content (AvgIpc) is 2.66. The first-order valence-electron chi connectivity index (χ1n) is 5.77. The molecule has 1 aromatic carbocycles. The maximum absolute atomic E-state index is 9.00. The number of aromatic nitrogens is 1. The number of nitrogens with one attached hydrogen (secondary N) is 1. The summed E-state index contributed by atoms with van der Waals surface area (Å²) >= 11 is 12.2. The van der Waals surface area contributed by atoms with E-state index in [2.05, 4.69) is 11.4 Å². The van der Waals surface area contributed by atoms with Gasteiger partial charge in [-0.2, -0.15) is 5.26 Å². The van der Waals surface area contributed by atoms with Crippen LogP contribution in [0.4, 0.5) is 5.69 Å². The predicted octanol–water partition coefficient (Wildman–Crippen LogP) is 4.12. The first-order valence-corrected chi connectivity index (χ1v) is 6.53. The summed E-state index contributed by atoms with van der Waals surface area (Å²) in [6.45, 7) is 2.55. The second kappa shape index (κ2) is 5.56. The molecule has 0 aliphatic rings. The van der Waals surface area contributed by atoms with Crippen LogP contribution in [-0.4, -0.2) is 4.57 Å². The normalized spacial score (nSPS) is 10.3. The molecule has 2 aromatic rings. The van der Waals surface area contributed by atoms with E-state index in [1.165, 1.54) is 0 Å². The summed E-state index contributed by atoms with van der Waals surface area (Å²) in [5.41, 5.74) is 3.45. The number of hydrogen-bond acceptors (Lipinski definition) is 2. The van der Waals surface area contributed by atoms with Crippen LogP contribution in [0.15, 0.2) is 24.3 Å². The zero-order valence-electron chi connectivity index (χ0n) is 10.7. The summed E-state index contributed by atoms with van der Waals surface area (Å²) in [5, 5.41) is 13.4. The van der Waals surface area contributed by atoms with E-state index in [1.54, 1.807) is 18.2 Å². The van der Waals surface area contributed by atoms with E-state index >= 15 is 0 Å². The van der Waals surface area contributed by atoms with Crippen LogP contribution in [0.3, 0.4) is 0 Å². The molecule has 0 saturated heterocycles. The number of rotatable bonds is 3. The van der Waals surface area contributed by atoms with Gasteiger partial charge in [-0.3, -0.25) is 0 Å². The zero-order chi connectivity index (χ0) is 14.0. The van der Waals surface area contributed by atoms with Crippen molar-refractivity contribution in [2.24, 2.45) is 7.05 Å². The van der Waals surface area contributed by atoms with Crippen LogP contribution in [0.1, 0.15) is 17.0 Å². The van der Waals surface area contributed by atoms with E-state index in [4.69, 9.17) is 28.5 Å². The summed E-state index contributed by atoms with van der Waals surface area (Å²) in [7, 11) is 1.87. The zero-order valence-corrected chi connectivity index (χ0v) is 12.2. The molecular formula is C14H13Cl2N3. The molecule has 1 aromatic heterocycles. The minimum absolute atomic E-state index is 0.574. The molecule has 3 nitrogen and oxygen atoms in total. The summed E-state index contributed by atoms with van der Waals surface area (Å²) < 4.78 is 1.87. The van der Waals surface area contributed by atoms with E-state index in [9.17, 15) is 0 Å². The molecule has 1 N–H and O–H groups in total. The van der Waals surface area contributed by atoms with Crippen molar-refractivity contribution >= 4 is 28.9 Å². The molecule has 98 valence electrons. The Bertz CT molecular complexity index is 633. The number of nitrogens with zero attached hydrogens (tertiary/aromatic N) is 2.